The van der Waals surface area contributed by atoms with E-state index in [2.05, 4.69) is 11.0 Å². The van der Waals surface area contributed by atoms with E-state index in [9.17, 15) is 4.79 Å². The maximum Gasteiger partial charge on any atom is 0.168 e. The maximum atomic E-state index is 12.7. The first kappa shape index (κ1) is 15.9. The minimum atomic E-state index is 0. The lowest BCUT2D eigenvalue weighted by molar-refractivity contribution is 0.0863. The zero-order valence-corrected chi connectivity index (χ0v) is 13.3. The molecule has 3 rings (SSSR count). The monoisotopic (exact) mass is 311 g/mol. The Bertz CT molecular complexity index is 460. The van der Waals surface area contributed by atoms with Crippen molar-refractivity contribution in [3.05, 3.63) is 29.8 Å². The molecule has 4 heteroatoms. The van der Waals surface area contributed by atoms with E-state index in [0.717, 1.165) is 24.3 Å². The number of hydrogen-bond donors (Lipinski definition) is 0. The average Bonchev–Trinajstić information content (AvgIpc) is 2.61. The number of ketones is 1. The number of Topliss-reactive ketones (excluding diaryl/α,β-unsaturated/α-hetero) is 1. The van der Waals surface area contributed by atoms with Gasteiger partial charge in [-0.05, 0) is 44.2 Å². The van der Waals surface area contributed by atoms with E-state index in [4.69, 9.17) is 0 Å². The summed E-state index contributed by atoms with van der Waals surface area (Å²) in [6.45, 7) is 3.32. The normalized spacial score (nSPS) is 23.6. The van der Waals surface area contributed by atoms with Crippen molar-refractivity contribution in [2.75, 3.05) is 25.4 Å². The first-order valence-corrected chi connectivity index (χ1v) is 8.31. The van der Waals surface area contributed by atoms with E-state index < -0.39 is 0 Å². The number of benzene rings is 1. The molecule has 0 spiro atoms. The van der Waals surface area contributed by atoms with Gasteiger partial charge in [0.1, 0.15) is 0 Å². The molecule has 0 aliphatic carbocycles. The van der Waals surface area contributed by atoms with Crippen LogP contribution in [0.25, 0.3) is 0 Å². The van der Waals surface area contributed by atoms with Crippen LogP contribution in [0.2, 0.25) is 0 Å². The van der Waals surface area contributed by atoms with E-state index in [1.165, 1.54) is 37.2 Å². The fourth-order valence-corrected chi connectivity index (χ4v) is 4.21. The number of halogens is 1. The van der Waals surface area contributed by atoms with E-state index in [-0.39, 0.29) is 18.3 Å². The summed E-state index contributed by atoms with van der Waals surface area (Å²) < 4.78 is 0. The number of likely N-dealkylation sites (tertiary alicyclic amines) is 1. The molecule has 2 heterocycles. The summed E-state index contributed by atoms with van der Waals surface area (Å²) in [6.07, 6.45) is 4.97. The number of hydrogen-bond acceptors (Lipinski definition) is 3. The lowest BCUT2D eigenvalue weighted by Gasteiger charge is -2.29. The Balaban J connectivity index is 0.00000147. The number of piperidine rings is 1. The molecule has 1 atom stereocenters. The first-order valence-electron chi connectivity index (χ1n) is 7.33. The highest BCUT2D eigenvalue weighted by molar-refractivity contribution is 7.99. The lowest BCUT2D eigenvalue weighted by Crippen LogP contribution is -2.36. The second-order valence-electron chi connectivity index (χ2n) is 5.56. The van der Waals surface area contributed by atoms with Gasteiger partial charge in [0.25, 0.3) is 0 Å². The topological polar surface area (TPSA) is 20.3 Å². The molecular weight excluding hydrogens is 290 g/mol. The number of carbonyl (C=O) groups is 1. The summed E-state index contributed by atoms with van der Waals surface area (Å²) >= 11 is 1.84. The third kappa shape index (κ3) is 3.57. The third-order valence-corrected chi connectivity index (χ3v) is 5.28. The van der Waals surface area contributed by atoms with Gasteiger partial charge < -0.3 is 4.90 Å². The van der Waals surface area contributed by atoms with Gasteiger partial charge in [-0.25, -0.2) is 0 Å². The Morgan fingerprint density at radius 2 is 1.90 bits per heavy atom. The van der Waals surface area contributed by atoms with Gasteiger partial charge in [-0.15, -0.1) is 24.2 Å². The molecule has 110 valence electrons. The Hall–Kier alpha value is -0.510. The third-order valence-electron chi connectivity index (χ3n) is 4.17. The van der Waals surface area contributed by atoms with Gasteiger partial charge in [0.2, 0.25) is 0 Å². The smallest absolute Gasteiger partial charge is 0.168 e. The molecule has 1 aromatic rings. The van der Waals surface area contributed by atoms with Crippen LogP contribution >= 0.6 is 24.2 Å². The van der Waals surface area contributed by atoms with Gasteiger partial charge in [0.05, 0.1) is 0 Å². The largest absolute Gasteiger partial charge is 0.303 e. The zero-order chi connectivity index (χ0) is 13.1. The fraction of sp³-hybridized carbons (Fsp3) is 0.562. The Morgan fingerprint density at radius 3 is 2.70 bits per heavy atom. The zero-order valence-electron chi connectivity index (χ0n) is 11.7. The number of thioether (sulfide) groups is 1. The van der Waals surface area contributed by atoms with Crippen molar-refractivity contribution in [3.63, 3.8) is 0 Å². The Kier molecular flexibility index (Phi) is 5.94. The van der Waals surface area contributed by atoms with Crippen LogP contribution in [0.3, 0.4) is 0 Å². The average molecular weight is 312 g/mol. The molecule has 1 unspecified atom stereocenters. The number of rotatable bonds is 2. The molecule has 0 aromatic heterocycles. The van der Waals surface area contributed by atoms with Gasteiger partial charge in [0.15, 0.2) is 5.78 Å². The molecule has 1 aromatic carbocycles. The quantitative estimate of drug-likeness (QED) is 0.826. The molecule has 2 aliphatic heterocycles. The molecule has 0 bridgehead atoms. The van der Waals surface area contributed by atoms with Gasteiger partial charge in [0, 0.05) is 22.9 Å². The molecule has 2 nitrogen and oxygen atoms in total. The summed E-state index contributed by atoms with van der Waals surface area (Å²) in [5.74, 6) is 1.64. The van der Waals surface area contributed by atoms with Crippen LogP contribution in [-0.4, -0.2) is 36.1 Å². The van der Waals surface area contributed by atoms with Crippen molar-refractivity contribution < 1.29 is 4.79 Å². The van der Waals surface area contributed by atoms with E-state index in [1.807, 2.05) is 30.0 Å². The van der Waals surface area contributed by atoms with Crippen molar-refractivity contribution >= 4 is 30.0 Å². The van der Waals surface area contributed by atoms with E-state index >= 15 is 0 Å². The van der Waals surface area contributed by atoms with Crippen molar-refractivity contribution in [2.45, 2.75) is 30.6 Å². The molecule has 0 saturated carbocycles. The standard InChI is InChI=1S/C16H21NOS.ClH/c18-16-13(12-17-9-4-1-5-10-17)8-11-19-15-7-3-2-6-14(15)16;/h2-3,6-7,13H,1,4-5,8-12H2;1H. The van der Waals surface area contributed by atoms with Crippen molar-refractivity contribution in [2.24, 2.45) is 5.92 Å². The van der Waals surface area contributed by atoms with Crippen LogP contribution in [0.4, 0.5) is 0 Å². The van der Waals surface area contributed by atoms with Crippen LogP contribution in [0.5, 0.6) is 0 Å². The van der Waals surface area contributed by atoms with Crippen LogP contribution in [0, 0.1) is 5.92 Å². The lowest BCUT2D eigenvalue weighted by atomic mass is 9.94. The molecule has 0 N–H and O–H groups in total. The molecule has 1 fully saturated rings. The van der Waals surface area contributed by atoms with E-state index in [1.54, 1.807) is 0 Å². The molecule has 2 aliphatic rings. The highest BCUT2D eigenvalue weighted by atomic mass is 35.5. The van der Waals surface area contributed by atoms with Crippen molar-refractivity contribution in [1.82, 2.24) is 4.90 Å². The number of nitrogens with zero attached hydrogens (tertiary/aromatic N) is 1. The SMILES string of the molecule is Cl.O=C1c2ccccc2SCCC1CN1CCCCC1. The van der Waals surface area contributed by atoms with E-state index in [0.29, 0.717) is 5.78 Å². The molecule has 20 heavy (non-hydrogen) atoms. The minimum absolute atomic E-state index is 0. The van der Waals surface area contributed by atoms with Crippen molar-refractivity contribution in [3.8, 4) is 0 Å². The predicted molar refractivity (Wildman–Crippen MR) is 87.1 cm³/mol. The highest BCUT2D eigenvalue weighted by Gasteiger charge is 2.27. The maximum absolute atomic E-state index is 12.7. The highest BCUT2D eigenvalue weighted by Crippen LogP contribution is 2.31. The van der Waals surface area contributed by atoms with Crippen LogP contribution in [-0.2, 0) is 0 Å². The van der Waals surface area contributed by atoms with Gasteiger partial charge in [-0.1, -0.05) is 24.6 Å². The first-order chi connectivity index (χ1) is 9.34. The van der Waals surface area contributed by atoms with Crippen LogP contribution in [0.15, 0.2) is 29.2 Å². The van der Waals surface area contributed by atoms with Crippen LogP contribution < -0.4 is 0 Å². The summed E-state index contributed by atoms with van der Waals surface area (Å²) in [7, 11) is 0. The van der Waals surface area contributed by atoms with Gasteiger partial charge >= 0.3 is 0 Å². The summed E-state index contributed by atoms with van der Waals surface area (Å²) in [6, 6.07) is 8.10. The minimum Gasteiger partial charge on any atom is -0.303 e. The second kappa shape index (κ2) is 7.48. The second-order valence-corrected chi connectivity index (χ2v) is 6.69. The summed E-state index contributed by atoms with van der Waals surface area (Å²) in [5, 5.41) is 0. The Morgan fingerprint density at radius 1 is 1.15 bits per heavy atom. The summed E-state index contributed by atoms with van der Waals surface area (Å²) in [5.41, 5.74) is 0.951. The fourth-order valence-electron chi connectivity index (χ4n) is 3.09. The number of carbonyl (C=O) groups excluding carboxylic acids is 1. The summed E-state index contributed by atoms with van der Waals surface area (Å²) in [4.78, 5) is 16.3. The molecule has 0 radical (unpaired) electrons. The molecule has 0 amide bonds. The van der Waals surface area contributed by atoms with Crippen LogP contribution in [0.1, 0.15) is 36.0 Å². The van der Waals surface area contributed by atoms with Gasteiger partial charge in [-0.3, -0.25) is 4.79 Å². The van der Waals surface area contributed by atoms with Gasteiger partial charge in [-0.2, -0.15) is 0 Å². The molecule has 1 saturated heterocycles. The Labute approximate surface area is 131 Å². The number of fused-ring (bicyclic) bond motifs is 1. The van der Waals surface area contributed by atoms with Crippen molar-refractivity contribution in [1.29, 1.82) is 0 Å². The predicted octanol–water partition coefficient (Wildman–Crippen LogP) is 3.89. The molecular formula is C16H22ClNOS.